The zero-order valence-electron chi connectivity index (χ0n) is 22.1. The Morgan fingerprint density at radius 3 is 2.57 bits per heavy atom. The van der Waals surface area contributed by atoms with E-state index in [0.29, 0.717) is 19.4 Å². The molecule has 0 aromatic heterocycles. The van der Waals surface area contributed by atoms with Crippen LogP contribution in [-0.2, 0) is 30.3 Å². The van der Waals surface area contributed by atoms with Crippen LogP contribution in [0.4, 0.5) is 0 Å². The van der Waals surface area contributed by atoms with Crippen LogP contribution in [0.5, 0.6) is 0 Å². The SMILES string of the molecule is C=CCCC[C@H](CCC)OC(=O)C[C@H]1C[C@@H](OCOCc2ccccc2)C[C@@H](/C=C/c2ccccc2)O1. The smallest absolute Gasteiger partial charge is 0.308 e. The Labute approximate surface area is 222 Å². The summed E-state index contributed by atoms with van der Waals surface area (Å²) in [6, 6.07) is 20.2. The van der Waals surface area contributed by atoms with Crippen molar-refractivity contribution >= 4 is 12.0 Å². The molecule has 4 atom stereocenters. The van der Waals surface area contributed by atoms with Crippen LogP contribution < -0.4 is 0 Å². The summed E-state index contributed by atoms with van der Waals surface area (Å²) >= 11 is 0. The van der Waals surface area contributed by atoms with Crippen LogP contribution in [0.2, 0.25) is 0 Å². The van der Waals surface area contributed by atoms with Gasteiger partial charge in [0.15, 0.2) is 0 Å². The summed E-state index contributed by atoms with van der Waals surface area (Å²) in [5.74, 6) is -0.200. The molecule has 2 aromatic carbocycles. The second kappa shape index (κ2) is 16.9. The van der Waals surface area contributed by atoms with E-state index >= 15 is 0 Å². The minimum absolute atomic E-state index is 0.0479. The summed E-state index contributed by atoms with van der Waals surface area (Å²) in [6.45, 7) is 6.60. The minimum Gasteiger partial charge on any atom is -0.462 e. The summed E-state index contributed by atoms with van der Waals surface area (Å²) in [7, 11) is 0. The highest BCUT2D eigenvalue weighted by Crippen LogP contribution is 2.26. The van der Waals surface area contributed by atoms with E-state index in [4.69, 9.17) is 18.9 Å². The van der Waals surface area contributed by atoms with Crippen molar-refractivity contribution in [3.8, 4) is 0 Å². The van der Waals surface area contributed by atoms with Gasteiger partial charge in [0.2, 0.25) is 0 Å². The van der Waals surface area contributed by atoms with Crippen molar-refractivity contribution in [1.82, 2.24) is 0 Å². The molecule has 0 aliphatic carbocycles. The van der Waals surface area contributed by atoms with Crippen molar-refractivity contribution in [3.05, 3.63) is 90.5 Å². The van der Waals surface area contributed by atoms with E-state index in [1.807, 2.05) is 54.6 Å². The summed E-state index contributed by atoms with van der Waals surface area (Å²) < 4.78 is 24.0. The van der Waals surface area contributed by atoms with E-state index in [2.05, 4.69) is 37.8 Å². The first-order valence-electron chi connectivity index (χ1n) is 13.6. The molecule has 1 fully saturated rings. The van der Waals surface area contributed by atoms with Crippen LogP contribution in [0.1, 0.15) is 69.4 Å². The highest BCUT2D eigenvalue weighted by atomic mass is 16.7. The third-order valence-electron chi connectivity index (χ3n) is 6.43. The van der Waals surface area contributed by atoms with Crippen LogP contribution in [0.25, 0.3) is 6.08 Å². The molecule has 0 N–H and O–H groups in total. The van der Waals surface area contributed by atoms with Crippen molar-refractivity contribution in [3.63, 3.8) is 0 Å². The molecule has 0 saturated carbocycles. The Morgan fingerprint density at radius 2 is 1.84 bits per heavy atom. The Balaban J connectivity index is 1.55. The van der Waals surface area contributed by atoms with Gasteiger partial charge in [-0.25, -0.2) is 0 Å². The van der Waals surface area contributed by atoms with Crippen LogP contribution in [0.3, 0.4) is 0 Å². The van der Waals surface area contributed by atoms with Gasteiger partial charge in [0, 0.05) is 12.8 Å². The van der Waals surface area contributed by atoms with Crippen molar-refractivity contribution in [2.75, 3.05) is 6.79 Å². The number of ether oxygens (including phenoxy) is 4. The van der Waals surface area contributed by atoms with Gasteiger partial charge in [-0.15, -0.1) is 6.58 Å². The molecule has 0 radical (unpaired) electrons. The van der Waals surface area contributed by atoms with Gasteiger partial charge in [-0.05, 0) is 36.8 Å². The lowest BCUT2D eigenvalue weighted by atomic mass is 9.98. The van der Waals surface area contributed by atoms with E-state index in [1.165, 1.54) is 0 Å². The van der Waals surface area contributed by atoms with E-state index in [0.717, 1.165) is 43.2 Å². The van der Waals surface area contributed by atoms with Gasteiger partial charge in [-0.1, -0.05) is 92.2 Å². The lowest BCUT2D eigenvalue weighted by molar-refractivity contribution is -0.165. The number of benzene rings is 2. The highest BCUT2D eigenvalue weighted by Gasteiger charge is 2.31. The topological polar surface area (TPSA) is 54.0 Å². The zero-order valence-corrected chi connectivity index (χ0v) is 22.1. The summed E-state index contributed by atoms with van der Waals surface area (Å²) in [6.07, 6.45) is 11.7. The van der Waals surface area contributed by atoms with E-state index in [1.54, 1.807) is 0 Å². The number of allylic oxidation sites excluding steroid dienone is 1. The Kier molecular flexibility index (Phi) is 13.2. The van der Waals surface area contributed by atoms with Gasteiger partial charge >= 0.3 is 5.97 Å². The van der Waals surface area contributed by atoms with Gasteiger partial charge in [-0.3, -0.25) is 4.79 Å². The molecule has 1 aliphatic rings. The van der Waals surface area contributed by atoms with E-state index < -0.39 is 0 Å². The maximum atomic E-state index is 12.8. The molecule has 2 aromatic rings. The molecule has 5 heteroatoms. The van der Waals surface area contributed by atoms with Crippen molar-refractivity contribution in [1.29, 1.82) is 0 Å². The number of carbonyl (C=O) groups is 1. The maximum Gasteiger partial charge on any atom is 0.308 e. The number of unbranched alkanes of at least 4 members (excludes halogenated alkanes) is 1. The maximum absolute atomic E-state index is 12.8. The molecular weight excluding hydrogens is 464 g/mol. The molecule has 37 heavy (non-hydrogen) atoms. The number of hydrogen-bond acceptors (Lipinski definition) is 5. The van der Waals surface area contributed by atoms with Crippen LogP contribution in [-0.4, -0.2) is 37.2 Å². The van der Waals surface area contributed by atoms with E-state index in [9.17, 15) is 4.79 Å². The monoisotopic (exact) mass is 506 g/mol. The zero-order chi connectivity index (χ0) is 26.1. The average molecular weight is 507 g/mol. The number of rotatable bonds is 16. The molecule has 0 amide bonds. The highest BCUT2D eigenvalue weighted by molar-refractivity contribution is 5.70. The van der Waals surface area contributed by atoms with Crippen LogP contribution >= 0.6 is 0 Å². The van der Waals surface area contributed by atoms with Crippen LogP contribution in [0, 0.1) is 0 Å². The first kappa shape index (κ1) is 28.8. The number of esters is 1. The third-order valence-corrected chi connectivity index (χ3v) is 6.43. The number of hydrogen-bond donors (Lipinski definition) is 0. The lowest BCUT2D eigenvalue weighted by Crippen LogP contribution is -2.38. The van der Waals surface area contributed by atoms with Gasteiger partial charge < -0.3 is 18.9 Å². The molecular formula is C32H42O5. The van der Waals surface area contributed by atoms with E-state index in [-0.39, 0.29) is 43.6 Å². The normalized spacial score (nSPS) is 20.5. The Hall–Kier alpha value is -2.73. The average Bonchev–Trinajstić information content (AvgIpc) is 2.91. The molecule has 200 valence electrons. The fraction of sp³-hybridized carbons (Fsp3) is 0.469. The van der Waals surface area contributed by atoms with Gasteiger partial charge in [0.1, 0.15) is 12.9 Å². The lowest BCUT2D eigenvalue weighted by Gasteiger charge is -2.34. The molecule has 1 aliphatic heterocycles. The molecule has 5 nitrogen and oxygen atoms in total. The molecule has 1 saturated heterocycles. The van der Waals surface area contributed by atoms with Gasteiger partial charge in [0.25, 0.3) is 0 Å². The fourth-order valence-electron chi connectivity index (χ4n) is 4.55. The molecule has 0 spiro atoms. The summed E-state index contributed by atoms with van der Waals surface area (Å²) in [5.41, 5.74) is 2.22. The molecule has 1 heterocycles. The third kappa shape index (κ3) is 11.5. The predicted octanol–water partition coefficient (Wildman–Crippen LogP) is 7.27. The quantitative estimate of drug-likeness (QED) is 0.104. The molecule has 3 rings (SSSR count). The van der Waals surface area contributed by atoms with Crippen molar-refractivity contribution in [2.24, 2.45) is 0 Å². The second-order valence-corrected chi connectivity index (χ2v) is 9.60. The Bertz CT molecular complexity index is 927. The van der Waals surface area contributed by atoms with Gasteiger partial charge in [0.05, 0.1) is 31.3 Å². The van der Waals surface area contributed by atoms with Crippen molar-refractivity contribution < 1.29 is 23.7 Å². The summed E-state index contributed by atoms with van der Waals surface area (Å²) in [5, 5.41) is 0. The minimum atomic E-state index is -0.263. The predicted molar refractivity (Wildman–Crippen MR) is 148 cm³/mol. The second-order valence-electron chi connectivity index (χ2n) is 9.60. The molecule has 0 bridgehead atoms. The largest absolute Gasteiger partial charge is 0.462 e. The van der Waals surface area contributed by atoms with Crippen molar-refractivity contribution in [2.45, 2.75) is 89.3 Å². The fourth-order valence-corrected chi connectivity index (χ4v) is 4.55. The first-order chi connectivity index (χ1) is 18.2. The standard InChI is InChI=1S/C32H42O5/c1-3-5-8-18-28(13-4-2)37-32(33)23-31-22-30(35-25-34-24-27-16-11-7-12-17-27)21-29(36-31)20-19-26-14-9-6-10-15-26/h3,6-7,9-12,14-17,19-20,28-31H,1,4-5,8,13,18,21-25H2,2H3/b20-19+/t28-,29+,30-,31+/m0/s1. The van der Waals surface area contributed by atoms with Crippen LogP contribution in [0.15, 0.2) is 79.4 Å². The molecule has 0 unspecified atom stereocenters. The Morgan fingerprint density at radius 1 is 1.08 bits per heavy atom. The first-order valence-corrected chi connectivity index (χ1v) is 13.6. The van der Waals surface area contributed by atoms with Gasteiger partial charge in [-0.2, -0.15) is 0 Å². The summed E-state index contributed by atoms with van der Waals surface area (Å²) in [4.78, 5) is 12.8. The number of carbonyl (C=O) groups excluding carboxylic acids is 1.